The average Bonchev–Trinajstić information content (AvgIpc) is 3.00. The van der Waals surface area contributed by atoms with Crippen molar-refractivity contribution in [3.05, 3.63) is 29.8 Å². The van der Waals surface area contributed by atoms with Crippen LogP contribution >= 0.6 is 24.0 Å². The van der Waals surface area contributed by atoms with Gasteiger partial charge in [0.15, 0.2) is 5.96 Å². The summed E-state index contributed by atoms with van der Waals surface area (Å²) in [4.78, 5) is 4.29. The number of aliphatic imine (C=N–C) groups is 1. The minimum atomic E-state index is 0. The lowest BCUT2D eigenvalue weighted by molar-refractivity contribution is 0.118. The first-order valence-corrected chi connectivity index (χ1v) is 7.59. The van der Waals surface area contributed by atoms with Gasteiger partial charge in [-0.15, -0.1) is 24.0 Å². The predicted molar refractivity (Wildman–Crippen MR) is 100 cm³/mol. The van der Waals surface area contributed by atoms with Gasteiger partial charge in [0, 0.05) is 13.2 Å². The first-order valence-electron chi connectivity index (χ1n) is 7.59. The van der Waals surface area contributed by atoms with E-state index in [0.29, 0.717) is 19.1 Å². The van der Waals surface area contributed by atoms with Gasteiger partial charge in [-0.3, -0.25) is 4.99 Å². The fourth-order valence-electron chi connectivity index (χ4n) is 2.23. The number of rotatable bonds is 7. The van der Waals surface area contributed by atoms with Crippen molar-refractivity contribution in [1.82, 2.24) is 5.32 Å². The molecule has 2 rings (SSSR count). The Kier molecular flexibility index (Phi) is 9.22. The molecule has 0 aliphatic carbocycles. The Bertz CT molecular complexity index is 462. The van der Waals surface area contributed by atoms with Crippen LogP contribution in [0.4, 0.5) is 0 Å². The molecule has 124 valence electrons. The van der Waals surface area contributed by atoms with E-state index >= 15 is 0 Å². The molecule has 0 bridgehead atoms. The Morgan fingerprint density at radius 3 is 3.00 bits per heavy atom. The molecule has 1 aliphatic heterocycles. The molecule has 1 aromatic rings. The monoisotopic (exact) mass is 419 g/mol. The van der Waals surface area contributed by atoms with Crippen molar-refractivity contribution >= 4 is 29.9 Å². The van der Waals surface area contributed by atoms with Crippen molar-refractivity contribution in [2.24, 2.45) is 10.7 Å². The topological polar surface area (TPSA) is 68.9 Å². The molecule has 1 unspecified atom stereocenters. The molecule has 0 aromatic heterocycles. The first kappa shape index (κ1) is 19.0. The van der Waals surface area contributed by atoms with Crippen LogP contribution in [0.5, 0.6) is 5.75 Å². The smallest absolute Gasteiger partial charge is 0.188 e. The number of guanidine groups is 1. The van der Waals surface area contributed by atoms with Crippen LogP contribution < -0.4 is 15.8 Å². The van der Waals surface area contributed by atoms with Gasteiger partial charge in [-0.2, -0.15) is 0 Å². The summed E-state index contributed by atoms with van der Waals surface area (Å²) in [6.45, 7) is 4.97. The molecule has 3 N–H and O–H groups in total. The lowest BCUT2D eigenvalue weighted by Gasteiger charge is -2.10. The second-order valence-corrected chi connectivity index (χ2v) is 5.26. The number of nitrogens with one attached hydrogen (secondary N) is 1. The Morgan fingerprint density at radius 1 is 1.45 bits per heavy atom. The average molecular weight is 419 g/mol. The molecule has 1 aliphatic rings. The Morgan fingerprint density at radius 2 is 2.27 bits per heavy atom. The normalized spacial score (nSPS) is 17.9. The van der Waals surface area contributed by atoms with Crippen LogP contribution in [-0.4, -0.2) is 38.4 Å². The highest BCUT2D eigenvalue weighted by Gasteiger charge is 2.14. The highest BCUT2D eigenvalue weighted by atomic mass is 127. The van der Waals surface area contributed by atoms with Gasteiger partial charge in [-0.25, -0.2) is 0 Å². The summed E-state index contributed by atoms with van der Waals surface area (Å²) in [5.74, 6) is 1.43. The molecule has 1 atom stereocenters. The minimum Gasteiger partial charge on any atom is -0.493 e. The maximum absolute atomic E-state index is 5.81. The molecular weight excluding hydrogens is 393 g/mol. The zero-order valence-corrected chi connectivity index (χ0v) is 15.4. The summed E-state index contributed by atoms with van der Waals surface area (Å²) in [5.41, 5.74) is 6.97. The van der Waals surface area contributed by atoms with Crippen LogP contribution in [0.3, 0.4) is 0 Å². The van der Waals surface area contributed by atoms with E-state index in [9.17, 15) is 0 Å². The van der Waals surface area contributed by atoms with E-state index in [1.165, 1.54) is 0 Å². The number of halogens is 1. The van der Waals surface area contributed by atoms with Crippen molar-refractivity contribution in [2.75, 3.05) is 26.3 Å². The van der Waals surface area contributed by atoms with Gasteiger partial charge in [0.25, 0.3) is 0 Å². The highest BCUT2D eigenvalue weighted by Crippen LogP contribution is 2.16. The second-order valence-electron chi connectivity index (χ2n) is 5.26. The van der Waals surface area contributed by atoms with E-state index < -0.39 is 0 Å². The maximum Gasteiger partial charge on any atom is 0.188 e. The third-order valence-electron chi connectivity index (χ3n) is 3.47. The molecular formula is C16H26IN3O2. The third kappa shape index (κ3) is 6.83. The molecule has 5 nitrogen and oxygen atoms in total. The molecule has 22 heavy (non-hydrogen) atoms. The molecule has 1 saturated heterocycles. The van der Waals surface area contributed by atoms with Crippen molar-refractivity contribution in [2.45, 2.75) is 32.3 Å². The minimum absolute atomic E-state index is 0. The lowest BCUT2D eigenvalue weighted by atomic mass is 10.2. The van der Waals surface area contributed by atoms with Gasteiger partial charge in [-0.1, -0.05) is 18.2 Å². The molecule has 1 heterocycles. The van der Waals surface area contributed by atoms with E-state index in [1.54, 1.807) is 0 Å². The standard InChI is InChI=1S/C16H25N3O2.HI/c1-13-6-2-3-8-15(13)21-11-5-9-18-16(17)19-12-14-7-4-10-20-14;/h2-3,6,8,14H,4-5,7,9-12H2,1H3,(H3,17,18,19);1H. The van der Waals surface area contributed by atoms with E-state index in [4.69, 9.17) is 15.2 Å². The zero-order valence-electron chi connectivity index (χ0n) is 13.1. The maximum atomic E-state index is 5.81. The van der Waals surface area contributed by atoms with E-state index in [0.717, 1.165) is 43.7 Å². The fourth-order valence-corrected chi connectivity index (χ4v) is 2.23. The summed E-state index contributed by atoms with van der Waals surface area (Å²) < 4.78 is 11.2. The van der Waals surface area contributed by atoms with Gasteiger partial charge in [-0.05, 0) is 37.8 Å². The molecule has 1 fully saturated rings. The molecule has 0 radical (unpaired) electrons. The van der Waals surface area contributed by atoms with E-state index in [-0.39, 0.29) is 30.1 Å². The summed E-state index contributed by atoms with van der Waals surface area (Å²) in [6.07, 6.45) is 3.34. The molecule has 1 aromatic carbocycles. The molecule has 0 amide bonds. The van der Waals surface area contributed by atoms with Gasteiger partial charge in [0.05, 0.1) is 19.3 Å². The first-order chi connectivity index (χ1) is 10.3. The van der Waals surface area contributed by atoms with Gasteiger partial charge in [0.1, 0.15) is 5.75 Å². The zero-order chi connectivity index (χ0) is 14.9. The van der Waals surface area contributed by atoms with Crippen molar-refractivity contribution in [3.8, 4) is 5.75 Å². The lowest BCUT2D eigenvalue weighted by Crippen LogP contribution is -2.33. The number of hydrogen-bond donors (Lipinski definition) is 2. The van der Waals surface area contributed by atoms with Gasteiger partial charge < -0.3 is 20.5 Å². The number of nitrogens with zero attached hydrogens (tertiary/aromatic N) is 1. The fraction of sp³-hybridized carbons (Fsp3) is 0.562. The van der Waals surface area contributed by atoms with Crippen molar-refractivity contribution in [3.63, 3.8) is 0 Å². The predicted octanol–water partition coefficient (Wildman–Crippen LogP) is 2.47. The summed E-state index contributed by atoms with van der Waals surface area (Å²) in [6, 6.07) is 8.02. The Labute approximate surface area is 149 Å². The number of nitrogens with two attached hydrogens (primary N) is 1. The van der Waals surface area contributed by atoms with Crippen LogP contribution in [0.2, 0.25) is 0 Å². The largest absolute Gasteiger partial charge is 0.493 e. The molecule has 0 spiro atoms. The van der Waals surface area contributed by atoms with E-state index in [1.807, 2.05) is 31.2 Å². The van der Waals surface area contributed by atoms with Gasteiger partial charge >= 0.3 is 0 Å². The summed E-state index contributed by atoms with van der Waals surface area (Å²) in [5, 5.41) is 3.10. The SMILES string of the molecule is Cc1ccccc1OCCCNC(N)=NCC1CCCO1.I. The molecule has 0 saturated carbocycles. The van der Waals surface area contributed by atoms with Crippen LogP contribution in [0.1, 0.15) is 24.8 Å². The van der Waals surface area contributed by atoms with E-state index in [2.05, 4.69) is 10.3 Å². The summed E-state index contributed by atoms with van der Waals surface area (Å²) in [7, 11) is 0. The number of ether oxygens (including phenoxy) is 2. The number of hydrogen-bond acceptors (Lipinski definition) is 3. The van der Waals surface area contributed by atoms with Crippen molar-refractivity contribution < 1.29 is 9.47 Å². The summed E-state index contributed by atoms with van der Waals surface area (Å²) >= 11 is 0. The quantitative estimate of drug-likeness (QED) is 0.309. The van der Waals surface area contributed by atoms with Gasteiger partial charge in [0.2, 0.25) is 0 Å². The van der Waals surface area contributed by atoms with Crippen molar-refractivity contribution in [1.29, 1.82) is 0 Å². The molecule has 6 heteroatoms. The number of benzene rings is 1. The Hall–Kier alpha value is -1.02. The van der Waals surface area contributed by atoms with Crippen LogP contribution in [0, 0.1) is 6.92 Å². The van der Waals surface area contributed by atoms with Crippen LogP contribution in [0.15, 0.2) is 29.3 Å². The number of para-hydroxylation sites is 1. The van der Waals surface area contributed by atoms with Crippen LogP contribution in [-0.2, 0) is 4.74 Å². The second kappa shape index (κ2) is 10.7. The third-order valence-corrected chi connectivity index (χ3v) is 3.47. The van der Waals surface area contributed by atoms with Crippen LogP contribution in [0.25, 0.3) is 0 Å². The number of aryl methyl sites for hydroxylation is 1. The Balaban J connectivity index is 0.00000242. The highest BCUT2D eigenvalue weighted by molar-refractivity contribution is 14.0.